The topological polar surface area (TPSA) is 17.8 Å². The summed E-state index contributed by atoms with van der Waals surface area (Å²) in [6, 6.07) is 10.2. The minimum atomic E-state index is 1.01. The van der Waals surface area contributed by atoms with Crippen LogP contribution in [0.2, 0.25) is 0 Å². The molecule has 72 valence electrons. The van der Waals surface area contributed by atoms with Gasteiger partial charge in [0.2, 0.25) is 0 Å². The van der Waals surface area contributed by atoms with Gasteiger partial charge in [-0.1, -0.05) is 25.1 Å². The third kappa shape index (κ3) is 1.43. The molecule has 0 N–H and O–H groups in total. The molecule has 0 spiro atoms. The fourth-order valence-corrected chi connectivity index (χ4v) is 1.68. The van der Waals surface area contributed by atoms with Gasteiger partial charge in [0, 0.05) is 5.69 Å². The number of hydrogen-bond donors (Lipinski definition) is 0. The summed E-state index contributed by atoms with van der Waals surface area (Å²) in [4.78, 5) is 0. The summed E-state index contributed by atoms with van der Waals surface area (Å²) in [7, 11) is 0. The van der Waals surface area contributed by atoms with Crippen molar-refractivity contribution in [3.8, 4) is 5.69 Å². The van der Waals surface area contributed by atoms with Crippen LogP contribution in [0, 0.1) is 6.92 Å². The molecule has 0 saturated heterocycles. The Balaban J connectivity index is 2.52. The monoisotopic (exact) mass is 186 g/mol. The molecule has 0 amide bonds. The molecule has 2 nitrogen and oxygen atoms in total. The van der Waals surface area contributed by atoms with E-state index in [2.05, 4.69) is 31.1 Å². The highest BCUT2D eigenvalue weighted by atomic mass is 15.3. The van der Waals surface area contributed by atoms with Gasteiger partial charge in [0.1, 0.15) is 0 Å². The summed E-state index contributed by atoms with van der Waals surface area (Å²) in [5.41, 5.74) is 3.69. The van der Waals surface area contributed by atoms with Gasteiger partial charge in [-0.25, -0.2) is 4.68 Å². The number of nitrogens with zero attached hydrogens (tertiary/aromatic N) is 2. The number of benzene rings is 1. The van der Waals surface area contributed by atoms with Crippen molar-refractivity contribution in [1.29, 1.82) is 0 Å². The number of aryl methyl sites for hydroxylation is 1. The van der Waals surface area contributed by atoms with Crippen LogP contribution in [-0.4, -0.2) is 9.78 Å². The molecule has 0 fully saturated rings. The molecule has 0 saturated carbocycles. The van der Waals surface area contributed by atoms with E-state index in [-0.39, 0.29) is 0 Å². The molecule has 2 rings (SSSR count). The lowest BCUT2D eigenvalue weighted by Crippen LogP contribution is -2.01. The van der Waals surface area contributed by atoms with E-state index in [1.165, 1.54) is 11.3 Å². The van der Waals surface area contributed by atoms with Gasteiger partial charge in [0.15, 0.2) is 0 Å². The van der Waals surface area contributed by atoms with E-state index in [0.29, 0.717) is 0 Å². The van der Waals surface area contributed by atoms with Crippen LogP contribution in [-0.2, 0) is 6.42 Å². The van der Waals surface area contributed by atoms with E-state index in [4.69, 9.17) is 0 Å². The number of para-hydroxylation sites is 1. The van der Waals surface area contributed by atoms with Crippen LogP contribution in [0.5, 0.6) is 0 Å². The van der Waals surface area contributed by atoms with Gasteiger partial charge in [0.25, 0.3) is 0 Å². The van der Waals surface area contributed by atoms with Gasteiger partial charge in [-0.2, -0.15) is 5.10 Å². The van der Waals surface area contributed by atoms with E-state index in [1.54, 1.807) is 0 Å². The minimum Gasteiger partial charge on any atom is -0.238 e. The molecule has 0 aliphatic carbocycles. The third-order valence-electron chi connectivity index (χ3n) is 2.41. The number of aromatic nitrogens is 2. The molecule has 0 atom stereocenters. The van der Waals surface area contributed by atoms with Crippen molar-refractivity contribution in [2.24, 2.45) is 0 Å². The van der Waals surface area contributed by atoms with Gasteiger partial charge < -0.3 is 0 Å². The molecule has 0 aliphatic rings. The van der Waals surface area contributed by atoms with Crippen LogP contribution in [0.15, 0.2) is 36.5 Å². The summed E-state index contributed by atoms with van der Waals surface area (Å²) in [5.74, 6) is 0. The van der Waals surface area contributed by atoms with Crippen molar-refractivity contribution in [3.05, 3.63) is 47.8 Å². The molecule has 2 aromatic rings. The smallest absolute Gasteiger partial charge is 0.0648 e. The van der Waals surface area contributed by atoms with Gasteiger partial charge in [-0.15, -0.1) is 0 Å². The zero-order valence-corrected chi connectivity index (χ0v) is 8.57. The van der Waals surface area contributed by atoms with Crippen molar-refractivity contribution >= 4 is 0 Å². The number of rotatable bonds is 2. The predicted octanol–water partition coefficient (Wildman–Crippen LogP) is 2.74. The van der Waals surface area contributed by atoms with E-state index in [1.807, 2.05) is 29.1 Å². The summed E-state index contributed by atoms with van der Waals surface area (Å²) < 4.78 is 2.01. The molecule has 0 bridgehead atoms. The standard InChI is InChI=1S/C12H14N2/c1-3-12-10(2)9-13-14(12)11-7-5-4-6-8-11/h4-9H,3H2,1-2H3. The minimum absolute atomic E-state index is 1.01. The molecule has 0 radical (unpaired) electrons. The lowest BCUT2D eigenvalue weighted by atomic mass is 10.2. The first-order valence-corrected chi connectivity index (χ1v) is 4.92. The van der Waals surface area contributed by atoms with E-state index >= 15 is 0 Å². The first-order chi connectivity index (χ1) is 6.83. The Hall–Kier alpha value is -1.57. The first kappa shape index (κ1) is 9.00. The maximum atomic E-state index is 4.37. The zero-order chi connectivity index (χ0) is 9.97. The molecule has 0 aliphatic heterocycles. The highest BCUT2D eigenvalue weighted by molar-refractivity contribution is 5.34. The highest BCUT2D eigenvalue weighted by Gasteiger charge is 2.05. The van der Waals surface area contributed by atoms with E-state index in [0.717, 1.165) is 12.1 Å². The quantitative estimate of drug-likeness (QED) is 0.705. The van der Waals surface area contributed by atoms with Gasteiger partial charge in [-0.05, 0) is 31.0 Å². The van der Waals surface area contributed by atoms with Crippen LogP contribution in [0.3, 0.4) is 0 Å². The summed E-state index contributed by atoms with van der Waals surface area (Å²) in [6.07, 6.45) is 2.94. The van der Waals surface area contributed by atoms with Crippen molar-refractivity contribution < 1.29 is 0 Å². The Morgan fingerprint density at radius 3 is 2.57 bits per heavy atom. The van der Waals surface area contributed by atoms with Gasteiger partial charge in [-0.3, -0.25) is 0 Å². The van der Waals surface area contributed by atoms with E-state index < -0.39 is 0 Å². The number of hydrogen-bond acceptors (Lipinski definition) is 1. The predicted molar refractivity (Wildman–Crippen MR) is 57.7 cm³/mol. The van der Waals surface area contributed by atoms with Crippen molar-refractivity contribution in [2.45, 2.75) is 20.3 Å². The molecule has 14 heavy (non-hydrogen) atoms. The Kier molecular flexibility index (Phi) is 2.35. The molecule has 1 aromatic carbocycles. The molecule has 2 heteroatoms. The summed E-state index contributed by atoms with van der Waals surface area (Å²) in [5, 5.41) is 4.37. The van der Waals surface area contributed by atoms with Crippen LogP contribution >= 0.6 is 0 Å². The third-order valence-corrected chi connectivity index (χ3v) is 2.41. The van der Waals surface area contributed by atoms with Crippen molar-refractivity contribution in [2.75, 3.05) is 0 Å². The summed E-state index contributed by atoms with van der Waals surface area (Å²) >= 11 is 0. The maximum Gasteiger partial charge on any atom is 0.0648 e. The Bertz CT molecular complexity index is 415. The zero-order valence-electron chi connectivity index (χ0n) is 8.57. The lowest BCUT2D eigenvalue weighted by Gasteiger charge is -2.05. The van der Waals surface area contributed by atoms with Gasteiger partial charge in [0.05, 0.1) is 11.9 Å². The fourth-order valence-electron chi connectivity index (χ4n) is 1.68. The van der Waals surface area contributed by atoms with Crippen LogP contribution in [0.25, 0.3) is 5.69 Å². The second-order valence-corrected chi connectivity index (χ2v) is 3.38. The molecular formula is C12H14N2. The van der Waals surface area contributed by atoms with Crippen LogP contribution in [0.1, 0.15) is 18.2 Å². The largest absolute Gasteiger partial charge is 0.238 e. The Morgan fingerprint density at radius 2 is 1.93 bits per heavy atom. The van der Waals surface area contributed by atoms with Crippen LogP contribution < -0.4 is 0 Å². The van der Waals surface area contributed by atoms with Crippen molar-refractivity contribution in [1.82, 2.24) is 9.78 Å². The normalized spacial score (nSPS) is 10.4. The van der Waals surface area contributed by atoms with Crippen LogP contribution in [0.4, 0.5) is 0 Å². The van der Waals surface area contributed by atoms with Crippen molar-refractivity contribution in [3.63, 3.8) is 0 Å². The Morgan fingerprint density at radius 1 is 1.21 bits per heavy atom. The van der Waals surface area contributed by atoms with E-state index in [9.17, 15) is 0 Å². The van der Waals surface area contributed by atoms with Gasteiger partial charge >= 0.3 is 0 Å². The summed E-state index contributed by atoms with van der Waals surface area (Å²) in [6.45, 7) is 4.26. The second-order valence-electron chi connectivity index (χ2n) is 3.38. The molecule has 1 aromatic heterocycles. The fraction of sp³-hybridized carbons (Fsp3) is 0.250. The highest BCUT2D eigenvalue weighted by Crippen LogP contribution is 2.14. The lowest BCUT2D eigenvalue weighted by molar-refractivity contribution is 0.811. The SMILES string of the molecule is CCc1c(C)cnn1-c1ccccc1. The molecule has 0 unspecified atom stereocenters. The Labute approximate surface area is 84.2 Å². The maximum absolute atomic E-state index is 4.37. The molecular weight excluding hydrogens is 172 g/mol. The molecule has 1 heterocycles. The first-order valence-electron chi connectivity index (χ1n) is 4.92. The average molecular weight is 186 g/mol. The second kappa shape index (κ2) is 3.66. The average Bonchev–Trinajstić information content (AvgIpc) is 2.61.